The number of amides is 1. The number of aliphatic carboxylic acids is 1. The number of ether oxygens (including phenoxy) is 1. The van der Waals surface area contributed by atoms with E-state index in [-0.39, 0.29) is 18.6 Å². The van der Waals surface area contributed by atoms with Crippen LogP contribution in [0.15, 0.2) is 0 Å². The second-order valence-electron chi connectivity index (χ2n) is 3.81. The van der Waals surface area contributed by atoms with E-state index in [0.29, 0.717) is 19.1 Å². The first-order valence-electron chi connectivity index (χ1n) is 4.83. The Morgan fingerprint density at radius 2 is 2.36 bits per heavy atom. The molecule has 1 saturated heterocycles. The number of rotatable bonds is 4. The highest BCUT2D eigenvalue weighted by molar-refractivity contribution is 5.72. The molecule has 5 heteroatoms. The zero-order chi connectivity index (χ0) is 10.1. The molecular formula is C9H13NO4. The molecule has 5 nitrogen and oxygen atoms in total. The fourth-order valence-corrected chi connectivity index (χ4v) is 1.90. The molecule has 0 aromatic heterocycles. The van der Waals surface area contributed by atoms with Gasteiger partial charge in [0.25, 0.3) is 0 Å². The van der Waals surface area contributed by atoms with Crippen LogP contribution in [0.3, 0.4) is 0 Å². The van der Waals surface area contributed by atoms with Crippen LogP contribution in [0.2, 0.25) is 0 Å². The summed E-state index contributed by atoms with van der Waals surface area (Å²) in [6, 6.07) is -0.150. The third-order valence-corrected chi connectivity index (χ3v) is 2.74. The van der Waals surface area contributed by atoms with Crippen molar-refractivity contribution in [3.05, 3.63) is 0 Å². The standard InChI is InChI=1S/C9H13NO4/c11-8(12)5-7(6-1-2-6)10-3-4-14-9(10)13/h6-7H,1-5H2,(H,11,12). The maximum atomic E-state index is 11.2. The summed E-state index contributed by atoms with van der Waals surface area (Å²) in [5.41, 5.74) is 0. The summed E-state index contributed by atoms with van der Waals surface area (Å²) >= 11 is 0. The number of carboxylic acid groups (broad SMARTS) is 1. The normalized spacial score (nSPS) is 23.4. The Balaban J connectivity index is 2.01. The number of carboxylic acids is 1. The van der Waals surface area contributed by atoms with Crippen LogP contribution in [0, 0.1) is 5.92 Å². The molecule has 1 heterocycles. The second-order valence-corrected chi connectivity index (χ2v) is 3.81. The largest absolute Gasteiger partial charge is 0.481 e. The lowest BCUT2D eigenvalue weighted by Crippen LogP contribution is -2.39. The highest BCUT2D eigenvalue weighted by atomic mass is 16.6. The third kappa shape index (κ3) is 1.81. The fraction of sp³-hybridized carbons (Fsp3) is 0.778. The Bertz CT molecular complexity index is 262. The minimum atomic E-state index is -0.846. The highest BCUT2D eigenvalue weighted by Gasteiger charge is 2.41. The van der Waals surface area contributed by atoms with Crippen LogP contribution in [0.4, 0.5) is 4.79 Å². The first-order chi connectivity index (χ1) is 6.68. The van der Waals surface area contributed by atoms with Gasteiger partial charge < -0.3 is 14.7 Å². The zero-order valence-corrected chi connectivity index (χ0v) is 7.81. The second kappa shape index (κ2) is 3.48. The smallest absolute Gasteiger partial charge is 0.410 e. The number of nitrogens with zero attached hydrogens (tertiary/aromatic N) is 1. The van der Waals surface area contributed by atoms with Gasteiger partial charge in [0, 0.05) is 6.04 Å². The van der Waals surface area contributed by atoms with Crippen molar-refractivity contribution in [1.82, 2.24) is 4.90 Å². The summed E-state index contributed by atoms with van der Waals surface area (Å²) in [5.74, 6) is -0.474. The average molecular weight is 199 g/mol. The van der Waals surface area contributed by atoms with E-state index in [0.717, 1.165) is 12.8 Å². The molecule has 1 amide bonds. The van der Waals surface area contributed by atoms with Gasteiger partial charge >= 0.3 is 12.1 Å². The fourth-order valence-electron chi connectivity index (χ4n) is 1.90. The van der Waals surface area contributed by atoms with E-state index >= 15 is 0 Å². The molecular weight excluding hydrogens is 186 g/mol. The van der Waals surface area contributed by atoms with Crippen LogP contribution in [0.25, 0.3) is 0 Å². The quantitative estimate of drug-likeness (QED) is 0.723. The molecule has 1 aliphatic carbocycles. The van der Waals surface area contributed by atoms with E-state index in [4.69, 9.17) is 9.84 Å². The van der Waals surface area contributed by atoms with Crippen molar-refractivity contribution in [2.24, 2.45) is 5.92 Å². The van der Waals surface area contributed by atoms with Crippen LogP contribution in [-0.4, -0.2) is 41.3 Å². The molecule has 2 fully saturated rings. The molecule has 1 unspecified atom stereocenters. The summed E-state index contributed by atoms with van der Waals surface area (Å²) in [5, 5.41) is 8.73. The van der Waals surface area contributed by atoms with Gasteiger partial charge in [-0.15, -0.1) is 0 Å². The van der Waals surface area contributed by atoms with Crippen LogP contribution in [-0.2, 0) is 9.53 Å². The Hall–Kier alpha value is -1.26. The van der Waals surface area contributed by atoms with Crippen LogP contribution in [0.5, 0.6) is 0 Å². The molecule has 1 saturated carbocycles. The number of carbonyl (C=O) groups excluding carboxylic acids is 1. The van der Waals surface area contributed by atoms with Crippen molar-refractivity contribution in [3.63, 3.8) is 0 Å². The van der Waals surface area contributed by atoms with Gasteiger partial charge in [-0.2, -0.15) is 0 Å². The molecule has 0 spiro atoms. The number of carbonyl (C=O) groups is 2. The number of hydrogen-bond acceptors (Lipinski definition) is 3. The van der Waals surface area contributed by atoms with E-state index in [2.05, 4.69) is 0 Å². The molecule has 1 N–H and O–H groups in total. The molecule has 78 valence electrons. The maximum Gasteiger partial charge on any atom is 0.410 e. The summed E-state index contributed by atoms with van der Waals surface area (Å²) in [4.78, 5) is 23.4. The van der Waals surface area contributed by atoms with E-state index in [1.54, 1.807) is 4.90 Å². The predicted molar refractivity (Wildman–Crippen MR) is 46.8 cm³/mol. The first-order valence-corrected chi connectivity index (χ1v) is 4.83. The first kappa shape index (κ1) is 9.30. The lowest BCUT2D eigenvalue weighted by Gasteiger charge is -2.23. The minimum absolute atomic E-state index is 0.0414. The topological polar surface area (TPSA) is 66.8 Å². The molecule has 14 heavy (non-hydrogen) atoms. The van der Waals surface area contributed by atoms with Crippen molar-refractivity contribution >= 4 is 12.1 Å². The molecule has 0 aromatic carbocycles. The van der Waals surface area contributed by atoms with Crippen LogP contribution < -0.4 is 0 Å². The predicted octanol–water partition coefficient (Wildman–Crippen LogP) is 0.692. The lowest BCUT2D eigenvalue weighted by atomic mass is 10.1. The van der Waals surface area contributed by atoms with Gasteiger partial charge in [0.2, 0.25) is 0 Å². The van der Waals surface area contributed by atoms with Crippen molar-refractivity contribution in [3.8, 4) is 0 Å². The van der Waals surface area contributed by atoms with Crippen molar-refractivity contribution in [2.45, 2.75) is 25.3 Å². The SMILES string of the molecule is O=C(O)CC(C1CC1)N1CCOC1=O. The summed E-state index contributed by atoms with van der Waals surface area (Å²) in [6.07, 6.45) is 1.74. The average Bonchev–Trinajstić information content (AvgIpc) is 2.86. The van der Waals surface area contributed by atoms with Gasteiger partial charge in [-0.25, -0.2) is 4.79 Å². The summed E-state index contributed by atoms with van der Waals surface area (Å²) in [6.45, 7) is 0.926. The Morgan fingerprint density at radius 3 is 2.79 bits per heavy atom. The monoisotopic (exact) mass is 199 g/mol. The Labute approximate surface area is 81.6 Å². The van der Waals surface area contributed by atoms with Gasteiger partial charge in [-0.3, -0.25) is 4.79 Å². The Morgan fingerprint density at radius 1 is 1.64 bits per heavy atom. The molecule has 0 bridgehead atoms. The van der Waals surface area contributed by atoms with Gasteiger partial charge in [0.15, 0.2) is 0 Å². The lowest BCUT2D eigenvalue weighted by molar-refractivity contribution is -0.138. The molecule has 2 rings (SSSR count). The zero-order valence-electron chi connectivity index (χ0n) is 7.81. The van der Waals surface area contributed by atoms with Gasteiger partial charge in [-0.1, -0.05) is 0 Å². The highest BCUT2D eigenvalue weighted by Crippen LogP contribution is 2.37. The summed E-state index contributed by atoms with van der Waals surface area (Å²) in [7, 11) is 0. The van der Waals surface area contributed by atoms with Crippen molar-refractivity contribution < 1.29 is 19.4 Å². The number of hydrogen-bond donors (Lipinski definition) is 1. The third-order valence-electron chi connectivity index (χ3n) is 2.74. The van der Waals surface area contributed by atoms with Crippen molar-refractivity contribution in [2.75, 3.05) is 13.2 Å². The van der Waals surface area contributed by atoms with Crippen LogP contribution in [0.1, 0.15) is 19.3 Å². The van der Waals surface area contributed by atoms with E-state index in [1.807, 2.05) is 0 Å². The van der Waals surface area contributed by atoms with Crippen molar-refractivity contribution in [1.29, 1.82) is 0 Å². The summed E-state index contributed by atoms with van der Waals surface area (Å²) < 4.78 is 4.80. The van der Waals surface area contributed by atoms with E-state index in [9.17, 15) is 9.59 Å². The number of cyclic esters (lactones) is 1. The molecule has 1 aliphatic heterocycles. The molecule has 2 aliphatic rings. The van der Waals surface area contributed by atoms with Crippen LogP contribution >= 0.6 is 0 Å². The van der Waals surface area contributed by atoms with Gasteiger partial charge in [0.1, 0.15) is 6.61 Å². The van der Waals surface area contributed by atoms with Gasteiger partial charge in [0.05, 0.1) is 13.0 Å². The van der Waals surface area contributed by atoms with E-state index in [1.165, 1.54) is 0 Å². The Kier molecular flexibility index (Phi) is 2.31. The van der Waals surface area contributed by atoms with Gasteiger partial charge in [-0.05, 0) is 18.8 Å². The minimum Gasteiger partial charge on any atom is -0.481 e. The molecule has 0 radical (unpaired) electrons. The molecule has 0 aromatic rings. The van der Waals surface area contributed by atoms with E-state index < -0.39 is 5.97 Å². The molecule has 1 atom stereocenters. The maximum absolute atomic E-state index is 11.2.